The molecule has 0 radical (unpaired) electrons. The summed E-state index contributed by atoms with van der Waals surface area (Å²) < 4.78 is 2.06. The van der Waals surface area contributed by atoms with Crippen LogP contribution in [0.5, 0.6) is 0 Å². The summed E-state index contributed by atoms with van der Waals surface area (Å²) in [6.07, 6.45) is 0. The lowest BCUT2D eigenvalue weighted by atomic mass is 10.1. The normalized spacial score (nSPS) is 11.3. The SMILES string of the molecule is CCn1c(SCC(=O)Nc2nc(-c3ccc(C)cc3)cs2)nnc1-c1csc(C(C)C)c1. The molecule has 4 rings (SSSR count). The molecule has 1 aromatic carbocycles. The van der Waals surface area contributed by atoms with Crippen molar-refractivity contribution in [1.82, 2.24) is 19.7 Å². The third kappa shape index (κ3) is 5.11. The van der Waals surface area contributed by atoms with E-state index in [2.05, 4.69) is 76.3 Å². The molecular weight excluding hydrogens is 458 g/mol. The van der Waals surface area contributed by atoms with Crippen molar-refractivity contribution in [1.29, 1.82) is 0 Å². The number of benzene rings is 1. The van der Waals surface area contributed by atoms with E-state index in [0.29, 0.717) is 11.0 Å². The Bertz CT molecular complexity index is 1210. The molecule has 4 aromatic rings. The molecular formula is C23H25N5OS3. The Hall–Kier alpha value is -2.49. The topological polar surface area (TPSA) is 72.7 Å². The van der Waals surface area contributed by atoms with Crippen molar-refractivity contribution in [3.63, 3.8) is 0 Å². The predicted molar refractivity (Wildman–Crippen MR) is 135 cm³/mol. The number of nitrogens with zero attached hydrogens (tertiary/aromatic N) is 4. The van der Waals surface area contributed by atoms with E-state index in [9.17, 15) is 4.79 Å². The van der Waals surface area contributed by atoms with Crippen LogP contribution in [0.25, 0.3) is 22.6 Å². The molecule has 3 heterocycles. The number of anilines is 1. The van der Waals surface area contributed by atoms with Gasteiger partial charge in [-0.25, -0.2) is 4.98 Å². The van der Waals surface area contributed by atoms with Gasteiger partial charge < -0.3 is 9.88 Å². The summed E-state index contributed by atoms with van der Waals surface area (Å²) in [7, 11) is 0. The lowest BCUT2D eigenvalue weighted by Crippen LogP contribution is -2.14. The average Bonchev–Trinajstić information content (AvgIpc) is 3.51. The van der Waals surface area contributed by atoms with Crippen LogP contribution >= 0.6 is 34.4 Å². The van der Waals surface area contributed by atoms with E-state index >= 15 is 0 Å². The molecule has 0 fully saturated rings. The van der Waals surface area contributed by atoms with Crippen LogP contribution in [0.1, 0.15) is 37.1 Å². The van der Waals surface area contributed by atoms with Gasteiger partial charge in [0.1, 0.15) is 0 Å². The molecule has 1 N–H and O–H groups in total. The van der Waals surface area contributed by atoms with Crippen molar-refractivity contribution < 1.29 is 4.79 Å². The van der Waals surface area contributed by atoms with Gasteiger partial charge in [-0.05, 0) is 25.8 Å². The highest BCUT2D eigenvalue weighted by Crippen LogP contribution is 2.31. The van der Waals surface area contributed by atoms with E-state index in [1.807, 2.05) is 17.5 Å². The fraction of sp³-hybridized carbons (Fsp3) is 0.304. The Morgan fingerprint density at radius 2 is 1.91 bits per heavy atom. The minimum absolute atomic E-state index is 0.107. The summed E-state index contributed by atoms with van der Waals surface area (Å²) in [6.45, 7) is 9.23. The molecule has 0 saturated heterocycles. The highest BCUT2D eigenvalue weighted by molar-refractivity contribution is 7.99. The van der Waals surface area contributed by atoms with E-state index in [1.54, 1.807) is 11.3 Å². The fourth-order valence-electron chi connectivity index (χ4n) is 3.14. The summed E-state index contributed by atoms with van der Waals surface area (Å²) in [5, 5.41) is 17.1. The molecule has 6 nitrogen and oxygen atoms in total. The van der Waals surface area contributed by atoms with Crippen LogP contribution in [0.15, 0.2) is 46.2 Å². The van der Waals surface area contributed by atoms with Crippen molar-refractivity contribution in [2.24, 2.45) is 0 Å². The van der Waals surface area contributed by atoms with Gasteiger partial charge in [0.2, 0.25) is 5.91 Å². The largest absolute Gasteiger partial charge is 0.302 e. The molecule has 32 heavy (non-hydrogen) atoms. The first kappa shape index (κ1) is 22.7. The van der Waals surface area contributed by atoms with Crippen molar-refractivity contribution in [2.75, 3.05) is 11.1 Å². The first-order valence-corrected chi connectivity index (χ1v) is 13.2. The first-order chi connectivity index (χ1) is 15.4. The minimum atomic E-state index is -0.107. The molecule has 9 heteroatoms. The van der Waals surface area contributed by atoms with Gasteiger partial charge in [0.05, 0.1) is 11.4 Å². The van der Waals surface area contributed by atoms with Gasteiger partial charge in [0.25, 0.3) is 0 Å². The Balaban J connectivity index is 1.39. The lowest BCUT2D eigenvalue weighted by molar-refractivity contribution is -0.113. The molecule has 0 spiro atoms. The number of carbonyl (C=O) groups excluding carboxylic acids is 1. The summed E-state index contributed by atoms with van der Waals surface area (Å²) >= 11 is 4.56. The number of nitrogens with one attached hydrogen (secondary N) is 1. The monoisotopic (exact) mass is 483 g/mol. The standard InChI is InChI=1S/C23H25N5OS3/c1-5-28-21(17-10-19(14(2)3)30-11-17)26-27-23(28)32-13-20(29)25-22-24-18(12-31-22)16-8-6-15(4)7-9-16/h6-12,14H,5,13H2,1-4H3,(H,24,25,29). The van der Waals surface area contributed by atoms with Gasteiger partial charge in [0, 0.05) is 33.3 Å². The second kappa shape index (κ2) is 9.97. The molecule has 0 aliphatic carbocycles. The van der Waals surface area contributed by atoms with Crippen LogP contribution in [0.4, 0.5) is 5.13 Å². The number of rotatable bonds is 8. The molecule has 0 aliphatic heterocycles. The smallest absolute Gasteiger partial charge is 0.236 e. The number of aryl methyl sites for hydroxylation is 1. The van der Waals surface area contributed by atoms with Crippen LogP contribution in [0, 0.1) is 6.92 Å². The Morgan fingerprint density at radius 3 is 2.59 bits per heavy atom. The van der Waals surface area contributed by atoms with E-state index in [-0.39, 0.29) is 11.7 Å². The van der Waals surface area contributed by atoms with E-state index in [4.69, 9.17) is 0 Å². The third-order valence-electron chi connectivity index (χ3n) is 4.91. The van der Waals surface area contributed by atoms with Crippen LogP contribution < -0.4 is 5.32 Å². The summed E-state index contributed by atoms with van der Waals surface area (Å²) in [5.41, 5.74) is 4.19. The Kier molecular flexibility index (Phi) is 7.07. The van der Waals surface area contributed by atoms with Crippen LogP contribution in [-0.4, -0.2) is 31.4 Å². The number of hydrogen-bond donors (Lipinski definition) is 1. The van der Waals surface area contributed by atoms with Gasteiger partial charge in [-0.3, -0.25) is 4.79 Å². The zero-order valence-electron chi connectivity index (χ0n) is 18.5. The van der Waals surface area contributed by atoms with Gasteiger partial charge in [0.15, 0.2) is 16.1 Å². The summed E-state index contributed by atoms with van der Waals surface area (Å²) in [6, 6.07) is 10.4. The van der Waals surface area contributed by atoms with Crippen LogP contribution in [0.3, 0.4) is 0 Å². The van der Waals surface area contributed by atoms with E-state index in [0.717, 1.165) is 34.3 Å². The second-order valence-corrected chi connectivity index (χ2v) is 10.4. The van der Waals surface area contributed by atoms with Gasteiger partial charge in [-0.15, -0.1) is 32.9 Å². The first-order valence-electron chi connectivity index (χ1n) is 10.4. The average molecular weight is 484 g/mol. The Labute approximate surface area is 200 Å². The van der Waals surface area contributed by atoms with E-state index < -0.39 is 0 Å². The molecule has 3 aromatic heterocycles. The minimum Gasteiger partial charge on any atom is -0.302 e. The maximum Gasteiger partial charge on any atom is 0.236 e. The van der Waals surface area contributed by atoms with Crippen LogP contribution in [0.2, 0.25) is 0 Å². The molecule has 0 aliphatic rings. The molecule has 166 valence electrons. The predicted octanol–water partition coefficient (Wildman–Crippen LogP) is 6.31. The van der Waals surface area contributed by atoms with Crippen LogP contribution in [-0.2, 0) is 11.3 Å². The number of carbonyl (C=O) groups is 1. The van der Waals surface area contributed by atoms with Crippen molar-refractivity contribution >= 4 is 45.5 Å². The summed E-state index contributed by atoms with van der Waals surface area (Å²) in [4.78, 5) is 18.4. The highest BCUT2D eigenvalue weighted by atomic mass is 32.2. The maximum atomic E-state index is 12.5. The molecule has 0 saturated carbocycles. The number of amides is 1. The van der Waals surface area contributed by atoms with Crippen molar-refractivity contribution in [3.05, 3.63) is 51.5 Å². The van der Waals surface area contributed by atoms with Gasteiger partial charge in [-0.2, -0.15) is 0 Å². The Morgan fingerprint density at radius 1 is 1.12 bits per heavy atom. The fourth-order valence-corrected chi connectivity index (χ4v) is 5.58. The number of hydrogen-bond acceptors (Lipinski definition) is 7. The molecule has 0 unspecified atom stereocenters. The molecule has 1 amide bonds. The number of thiophene rings is 1. The number of thioether (sulfide) groups is 1. The number of aromatic nitrogens is 4. The molecule has 0 atom stereocenters. The van der Waals surface area contributed by atoms with Crippen molar-refractivity contribution in [3.8, 4) is 22.6 Å². The summed E-state index contributed by atoms with van der Waals surface area (Å²) in [5.74, 6) is 1.48. The molecule has 0 bridgehead atoms. The third-order valence-corrected chi connectivity index (χ3v) is 7.87. The maximum absolute atomic E-state index is 12.5. The van der Waals surface area contributed by atoms with Gasteiger partial charge in [-0.1, -0.05) is 55.4 Å². The van der Waals surface area contributed by atoms with Crippen molar-refractivity contribution in [2.45, 2.75) is 45.3 Å². The highest BCUT2D eigenvalue weighted by Gasteiger charge is 2.17. The number of thiazole rings is 1. The zero-order chi connectivity index (χ0) is 22.7. The quantitative estimate of drug-likeness (QED) is 0.297. The second-order valence-electron chi connectivity index (χ2n) is 7.68. The van der Waals surface area contributed by atoms with E-state index in [1.165, 1.54) is 33.5 Å². The van der Waals surface area contributed by atoms with Gasteiger partial charge >= 0.3 is 0 Å². The zero-order valence-corrected chi connectivity index (χ0v) is 20.9. The lowest BCUT2D eigenvalue weighted by Gasteiger charge is -2.06.